The molecule has 0 spiro atoms. The molecule has 0 unspecified atom stereocenters. The molecular weight excluding hydrogens is 245 g/mol. The van der Waals surface area contributed by atoms with Crippen LogP contribution >= 0.6 is 0 Å². The van der Waals surface area contributed by atoms with Crippen LogP contribution < -0.4 is 5.32 Å². The van der Waals surface area contributed by atoms with Gasteiger partial charge in [-0.2, -0.15) is 0 Å². The second-order valence-corrected chi connectivity index (χ2v) is 5.20. The number of carbonyl (C=O) groups is 1. The molecule has 1 aliphatic heterocycles. The van der Waals surface area contributed by atoms with E-state index in [1.165, 1.54) is 12.1 Å². The summed E-state index contributed by atoms with van der Waals surface area (Å²) in [7, 11) is 0. The molecule has 4 nitrogen and oxygen atoms in total. The van der Waals surface area contributed by atoms with Gasteiger partial charge in [0.25, 0.3) is 0 Å². The number of benzene rings is 1. The highest BCUT2D eigenvalue weighted by Crippen LogP contribution is 2.22. The van der Waals surface area contributed by atoms with E-state index in [2.05, 4.69) is 5.32 Å². The van der Waals surface area contributed by atoms with Gasteiger partial charge in [0.2, 0.25) is 5.91 Å². The first kappa shape index (κ1) is 13.5. The van der Waals surface area contributed by atoms with E-state index in [-0.39, 0.29) is 24.1 Å². The number of amidine groups is 1. The lowest BCUT2D eigenvalue weighted by molar-refractivity contribution is -0.121. The summed E-state index contributed by atoms with van der Waals surface area (Å²) in [6, 6.07) is 4.41. The summed E-state index contributed by atoms with van der Waals surface area (Å²) in [5, 5.41) is 10.8. The molecule has 2 rings (SSSR count). The Kier molecular flexibility index (Phi) is 3.83. The first-order valence-electron chi connectivity index (χ1n) is 6.36. The van der Waals surface area contributed by atoms with Gasteiger partial charge >= 0.3 is 0 Å². The average molecular weight is 263 g/mol. The van der Waals surface area contributed by atoms with Crippen molar-refractivity contribution in [1.82, 2.24) is 10.2 Å². The van der Waals surface area contributed by atoms with Crippen molar-refractivity contribution in [3.63, 3.8) is 0 Å². The first-order valence-corrected chi connectivity index (χ1v) is 6.36. The number of halogens is 1. The maximum absolute atomic E-state index is 13.1. The summed E-state index contributed by atoms with van der Waals surface area (Å²) >= 11 is 0. The zero-order valence-corrected chi connectivity index (χ0v) is 11.2. The van der Waals surface area contributed by atoms with Gasteiger partial charge in [-0.15, -0.1) is 0 Å². The van der Waals surface area contributed by atoms with Gasteiger partial charge in [0, 0.05) is 18.7 Å². The SMILES string of the molecule is CC(C)CNC(=O)CN1Cc2ccc(F)cc2C1=N. The van der Waals surface area contributed by atoms with Crippen molar-refractivity contribution in [1.29, 1.82) is 5.41 Å². The molecule has 1 aromatic carbocycles. The van der Waals surface area contributed by atoms with Crippen molar-refractivity contribution in [3.8, 4) is 0 Å². The Morgan fingerprint density at radius 2 is 2.26 bits per heavy atom. The van der Waals surface area contributed by atoms with E-state index in [0.29, 0.717) is 24.6 Å². The number of hydrogen-bond donors (Lipinski definition) is 2. The summed E-state index contributed by atoms with van der Waals surface area (Å²) in [6.07, 6.45) is 0. The Morgan fingerprint density at radius 1 is 1.53 bits per heavy atom. The van der Waals surface area contributed by atoms with E-state index in [0.717, 1.165) is 5.56 Å². The molecule has 0 saturated heterocycles. The monoisotopic (exact) mass is 263 g/mol. The van der Waals surface area contributed by atoms with Gasteiger partial charge in [0.15, 0.2) is 0 Å². The van der Waals surface area contributed by atoms with E-state index in [9.17, 15) is 9.18 Å². The summed E-state index contributed by atoms with van der Waals surface area (Å²) in [5.74, 6) is 0.156. The highest BCUT2D eigenvalue weighted by Gasteiger charge is 2.25. The zero-order chi connectivity index (χ0) is 14.0. The maximum atomic E-state index is 13.1. The van der Waals surface area contributed by atoms with Crippen molar-refractivity contribution in [3.05, 3.63) is 35.1 Å². The number of nitrogens with zero attached hydrogens (tertiary/aromatic N) is 1. The zero-order valence-electron chi connectivity index (χ0n) is 11.2. The molecule has 0 atom stereocenters. The van der Waals surface area contributed by atoms with Crippen LogP contribution in [-0.2, 0) is 11.3 Å². The Hall–Kier alpha value is -1.91. The number of nitrogens with one attached hydrogen (secondary N) is 2. The van der Waals surface area contributed by atoms with E-state index < -0.39 is 0 Å². The molecule has 1 amide bonds. The number of rotatable bonds is 4. The second-order valence-electron chi connectivity index (χ2n) is 5.20. The van der Waals surface area contributed by atoms with Crippen molar-refractivity contribution in [2.75, 3.05) is 13.1 Å². The van der Waals surface area contributed by atoms with E-state index >= 15 is 0 Å². The molecule has 0 aliphatic carbocycles. The van der Waals surface area contributed by atoms with Crippen molar-refractivity contribution >= 4 is 11.7 Å². The van der Waals surface area contributed by atoms with Crippen LogP contribution in [0.1, 0.15) is 25.0 Å². The Balaban J connectivity index is 1.98. The molecule has 0 aromatic heterocycles. The third-order valence-electron chi connectivity index (χ3n) is 3.05. The molecule has 102 valence electrons. The number of amides is 1. The van der Waals surface area contributed by atoms with E-state index in [4.69, 9.17) is 5.41 Å². The van der Waals surface area contributed by atoms with Crippen molar-refractivity contribution < 1.29 is 9.18 Å². The molecule has 2 N–H and O–H groups in total. The lowest BCUT2D eigenvalue weighted by Crippen LogP contribution is -2.38. The fourth-order valence-electron chi connectivity index (χ4n) is 2.04. The lowest BCUT2D eigenvalue weighted by atomic mass is 10.1. The van der Waals surface area contributed by atoms with Gasteiger partial charge in [-0.25, -0.2) is 4.39 Å². The molecular formula is C14H18FN3O. The molecule has 19 heavy (non-hydrogen) atoms. The van der Waals surface area contributed by atoms with E-state index in [1.54, 1.807) is 11.0 Å². The third kappa shape index (κ3) is 3.10. The van der Waals surface area contributed by atoms with Crippen LogP contribution in [0.4, 0.5) is 4.39 Å². The normalized spacial score (nSPS) is 13.9. The smallest absolute Gasteiger partial charge is 0.239 e. The number of carbonyl (C=O) groups excluding carboxylic acids is 1. The van der Waals surface area contributed by atoms with Gasteiger partial charge in [0.1, 0.15) is 11.7 Å². The maximum Gasteiger partial charge on any atom is 0.239 e. The predicted molar refractivity (Wildman–Crippen MR) is 71.5 cm³/mol. The van der Waals surface area contributed by atoms with Crippen LogP contribution in [0.2, 0.25) is 0 Å². The van der Waals surface area contributed by atoms with Gasteiger partial charge in [-0.1, -0.05) is 19.9 Å². The quantitative estimate of drug-likeness (QED) is 0.869. The third-order valence-corrected chi connectivity index (χ3v) is 3.05. The van der Waals surface area contributed by atoms with Gasteiger partial charge < -0.3 is 10.2 Å². The van der Waals surface area contributed by atoms with Crippen LogP contribution in [0.3, 0.4) is 0 Å². The molecule has 1 heterocycles. The number of fused-ring (bicyclic) bond motifs is 1. The highest BCUT2D eigenvalue weighted by molar-refractivity contribution is 6.01. The standard InChI is InChI=1S/C14H18FN3O/c1-9(2)6-17-13(19)8-18-7-10-3-4-11(15)5-12(10)14(18)16/h3-5,9,16H,6-8H2,1-2H3,(H,17,19). The summed E-state index contributed by atoms with van der Waals surface area (Å²) in [4.78, 5) is 13.4. The van der Waals surface area contributed by atoms with Crippen LogP contribution in [0.5, 0.6) is 0 Å². The van der Waals surface area contributed by atoms with Crippen LogP contribution in [0.25, 0.3) is 0 Å². The molecule has 1 aliphatic rings. The van der Waals surface area contributed by atoms with Crippen LogP contribution in [0, 0.1) is 17.1 Å². The molecule has 0 bridgehead atoms. The summed E-state index contributed by atoms with van der Waals surface area (Å²) in [5.41, 5.74) is 1.47. The molecule has 0 radical (unpaired) electrons. The fourth-order valence-corrected chi connectivity index (χ4v) is 2.04. The number of hydrogen-bond acceptors (Lipinski definition) is 2. The van der Waals surface area contributed by atoms with Crippen LogP contribution in [0.15, 0.2) is 18.2 Å². The minimum absolute atomic E-state index is 0.105. The molecule has 5 heteroatoms. The fraction of sp³-hybridized carbons (Fsp3) is 0.429. The highest BCUT2D eigenvalue weighted by atomic mass is 19.1. The Labute approximate surface area is 112 Å². The molecule has 0 saturated carbocycles. The van der Waals surface area contributed by atoms with Gasteiger partial charge in [-0.05, 0) is 23.6 Å². The largest absolute Gasteiger partial charge is 0.354 e. The summed E-state index contributed by atoms with van der Waals surface area (Å²) in [6.45, 7) is 5.31. The van der Waals surface area contributed by atoms with Crippen molar-refractivity contribution in [2.24, 2.45) is 5.92 Å². The molecule has 0 fully saturated rings. The Morgan fingerprint density at radius 3 is 2.95 bits per heavy atom. The minimum Gasteiger partial charge on any atom is -0.354 e. The lowest BCUT2D eigenvalue weighted by Gasteiger charge is -2.17. The van der Waals surface area contributed by atoms with Gasteiger partial charge in [-0.3, -0.25) is 10.2 Å². The molecule has 1 aromatic rings. The van der Waals surface area contributed by atoms with Crippen LogP contribution in [-0.4, -0.2) is 29.7 Å². The van der Waals surface area contributed by atoms with Gasteiger partial charge in [0.05, 0.1) is 6.54 Å². The van der Waals surface area contributed by atoms with Crippen molar-refractivity contribution in [2.45, 2.75) is 20.4 Å². The average Bonchev–Trinajstić information content (AvgIpc) is 2.64. The first-order chi connectivity index (χ1) is 8.97. The minimum atomic E-state index is -0.352. The van der Waals surface area contributed by atoms with E-state index in [1.807, 2.05) is 13.8 Å². The topological polar surface area (TPSA) is 56.2 Å². The second kappa shape index (κ2) is 5.38. The Bertz CT molecular complexity index is 513. The predicted octanol–water partition coefficient (Wildman–Crippen LogP) is 1.74. The summed E-state index contributed by atoms with van der Waals surface area (Å²) < 4.78 is 13.1.